The fourth-order valence-electron chi connectivity index (χ4n) is 3.22. The zero-order valence-corrected chi connectivity index (χ0v) is 15.1. The molecule has 2 aromatic rings. The third-order valence-electron chi connectivity index (χ3n) is 4.44. The molecule has 1 N–H and O–H groups in total. The van der Waals surface area contributed by atoms with Gasteiger partial charge in [-0.3, -0.25) is 9.69 Å². The van der Waals surface area contributed by atoms with Crippen molar-refractivity contribution < 1.29 is 13.9 Å². The highest BCUT2D eigenvalue weighted by Gasteiger charge is 2.24. The molecule has 1 aliphatic heterocycles. The summed E-state index contributed by atoms with van der Waals surface area (Å²) < 4.78 is 10.5. The predicted molar refractivity (Wildman–Crippen MR) is 96.8 cm³/mol. The van der Waals surface area contributed by atoms with Gasteiger partial charge in [-0.2, -0.15) is 0 Å². The highest BCUT2D eigenvalue weighted by molar-refractivity contribution is 6.30. The summed E-state index contributed by atoms with van der Waals surface area (Å²) in [4.78, 5) is 14.8. The molecule has 25 heavy (non-hydrogen) atoms. The lowest BCUT2D eigenvalue weighted by Crippen LogP contribution is -2.36. The molecule has 1 amide bonds. The van der Waals surface area contributed by atoms with E-state index < -0.39 is 0 Å². The molecule has 1 aromatic heterocycles. The number of hydrogen-bond acceptors (Lipinski definition) is 4. The second-order valence-electron chi connectivity index (χ2n) is 6.22. The molecular weight excluding hydrogens is 340 g/mol. The molecule has 3 rings (SSSR count). The molecule has 134 valence electrons. The van der Waals surface area contributed by atoms with Crippen LogP contribution >= 0.6 is 11.6 Å². The van der Waals surface area contributed by atoms with Gasteiger partial charge < -0.3 is 14.5 Å². The number of nitrogens with one attached hydrogen (secondary N) is 1. The molecule has 0 saturated carbocycles. The van der Waals surface area contributed by atoms with Crippen LogP contribution in [0, 0.1) is 0 Å². The molecule has 1 aliphatic rings. The van der Waals surface area contributed by atoms with E-state index in [1.165, 1.54) is 12.8 Å². The Morgan fingerprint density at radius 3 is 2.84 bits per heavy atom. The fourth-order valence-corrected chi connectivity index (χ4v) is 3.42. The number of furan rings is 1. The number of carbonyl (C=O) groups excluding carboxylic acids is 1. The fraction of sp³-hybridized carbons (Fsp3) is 0.421. The lowest BCUT2D eigenvalue weighted by atomic mass is 10.1. The number of rotatable bonds is 7. The topological polar surface area (TPSA) is 54.7 Å². The van der Waals surface area contributed by atoms with Crippen LogP contribution in [-0.2, 0) is 11.3 Å². The van der Waals surface area contributed by atoms with E-state index in [0.717, 1.165) is 18.7 Å². The first-order valence-electron chi connectivity index (χ1n) is 8.53. The molecule has 0 bridgehead atoms. The third-order valence-corrected chi connectivity index (χ3v) is 4.68. The van der Waals surface area contributed by atoms with Gasteiger partial charge in [0.15, 0.2) is 5.76 Å². The normalized spacial score (nSPS) is 16.1. The zero-order valence-electron chi connectivity index (χ0n) is 14.3. The minimum atomic E-state index is -0.214. The van der Waals surface area contributed by atoms with Crippen molar-refractivity contribution in [2.24, 2.45) is 0 Å². The maximum absolute atomic E-state index is 12.4. The van der Waals surface area contributed by atoms with Gasteiger partial charge in [0.2, 0.25) is 0 Å². The number of hydrogen-bond donors (Lipinski definition) is 1. The van der Waals surface area contributed by atoms with Crippen LogP contribution in [0.25, 0.3) is 0 Å². The monoisotopic (exact) mass is 362 g/mol. The molecule has 2 heterocycles. The smallest absolute Gasteiger partial charge is 0.287 e. The Morgan fingerprint density at radius 1 is 1.32 bits per heavy atom. The van der Waals surface area contributed by atoms with Crippen molar-refractivity contribution >= 4 is 17.5 Å². The second kappa shape index (κ2) is 8.52. The van der Waals surface area contributed by atoms with Gasteiger partial charge in [-0.15, -0.1) is 0 Å². The maximum Gasteiger partial charge on any atom is 0.287 e. The average Bonchev–Trinajstić information content (AvgIpc) is 3.27. The van der Waals surface area contributed by atoms with E-state index in [2.05, 4.69) is 16.3 Å². The van der Waals surface area contributed by atoms with E-state index in [1.807, 2.05) is 18.2 Å². The summed E-state index contributed by atoms with van der Waals surface area (Å²) in [6.07, 6.45) is 2.37. The van der Waals surface area contributed by atoms with Crippen molar-refractivity contribution in [3.8, 4) is 0 Å². The Balaban J connectivity index is 1.68. The Morgan fingerprint density at radius 2 is 2.12 bits per heavy atom. The van der Waals surface area contributed by atoms with Gasteiger partial charge in [0.1, 0.15) is 12.4 Å². The van der Waals surface area contributed by atoms with Crippen LogP contribution in [0.5, 0.6) is 0 Å². The van der Waals surface area contributed by atoms with Gasteiger partial charge in [0, 0.05) is 18.7 Å². The number of amides is 1. The number of benzene rings is 1. The number of halogens is 1. The van der Waals surface area contributed by atoms with E-state index in [4.69, 9.17) is 20.8 Å². The van der Waals surface area contributed by atoms with E-state index in [-0.39, 0.29) is 11.9 Å². The van der Waals surface area contributed by atoms with Crippen LogP contribution in [-0.4, -0.2) is 37.6 Å². The summed E-state index contributed by atoms with van der Waals surface area (Å²) >= 11 is 6.15. The summed E-state index contributed by atoms with van der Waals surface area (Å²) in [7, 11) is 1.59. The second-order valence-corrected chi connectivity index (χ2v) is 6.66. The van der Waals surface area contributed by atoms with Crippen molar-refractivity contribution in [2.75, 3.05) is 26.7 Å². The zero-order chi connectivity index (χ0) is 17.6. The number of ether oxygens (including phenoxy) is 1. The first-order valence-corrected chi connectivity index (χ1v) is 8.90. The molecule has 5 nitrogen and oxygen atoms in total. The van der Waals surface area contributed by atoms with Gasteiger partial charge in [0.05, 0.1) is 6.04 Å². The third kappa shape index (κ3) is 4.63. The molecule has 0 radical (unpaired) electrons. The van der Waals surface area contributed by atoms with Gasteiger partial charge in [-0.1, -0.05) is 23.7 Å². The average molecular weight is 363 g/mol. The summed E-state index contributed by atoms with van der Waals surface area (Å²) in [5.74, 6) is 0.727. The van der Waals surface area contributed by atoms with Gasteiger partial charge >= 0.3 is 0 Å². The first-order chi connectivity index (χ1) is 12.2. The molecule has 1 atom stereocenters. The largest absolute Gasteiger partial charge is 0.453 e. The first kappa shape index (κ1) is 18.0. The van der Waals surface area contributed by atoms with Crippen LogP contribution < -0.4 is 5.32 Å². The van der Waals surface area contributed by atoms with Crippen molar-refractivity contribution in [1.29, 1.82) is 0 Å². The van der Waals surface area contributed by atoms with E-state index >= 15 is 0 Å². The van der Waals surface area contributed by atoms with Crippen molar-refractivity contribution in [1.82, 2.24) is 10.2 Å². The standard InChI is InChI=1S/C19H23ClN2O3/c1-24-13-16-7-8-18(25-16)19(23)21-12-17(22-9-2-3-10-22)14-5-4-6-15(20)11-14/h4-8,11,17H,2-3,9-10,12-13H2,1H3,(H,21,23). The SMILES string of the molecule is COCc1ccc(C(=O)NCC(c2cccc(Cl)c2)N2CCCC2)o1. The number of nitrogens with zero attached hydrogens (tertiary/aromatic N) is 1. The van der Waals surface area contributed by atoms with Gasteiger partial charge in [-0.05, 0) is 55.8 Å². The number of likely N-dealkylation sites (tertiary alicyclic amines) is 1. The summed E-state index contributed by atoms with van der Waals surface area (Å²) in [6.45, 7) is 2.93. The van der Waals surface area contributed by atoms with Gasteiger partial charge in [0.25, 0.3) is 5.91 Å². The van der Waals surface area contributed by atoms with Gasteiger partial charge in [-0.25, -0.2) is 0 Å². The van der Waals surface area contributed by atoms with Crippen LogP contribution in [0.15, 0.2) is 40.8 Å². The van der Waals surface area contributed by atoms with Crippen LogP contribution in [0.4, 0.5) is 0 Å². The molecule has 0 aliphatic carbocycles. The Bertz CT molecular complexity index is 710. The highest BCUT2D eigenvalue weighted by Crippen LogP contribution is 2.26. The summed E-state index contributed by atoms with van der Waals surface area (Å²) in [5.41, 5.74) is 1.12. The Hall–Kier alpha value is -1.82. The Labute approximate surface area is 152 Å². The minimum absolute atomic E-state index is 0.110. The van der Waals surface area contributed by atoms with Crippen LogP contribution in [0.2, 0.25) is 5.02 Å². The van der Waals surface area contributed by atoms with Crippen molar-refractivity contribution in [2.45, 2.75) is 25.5 Å². The van der Waals surface area contributed by atoms with E-state index in [9.17, 15) is 4.79 Å². The molecular formula is C19H23ClN2O3. The lowest BCUT2D eigenvalue weighted by molar-refractivity contribution is 0.0901. The Kier molecular flexibility index (Phi) is 6.13. The predicted octanol–water partition coefficient (Wildman–Crippen LogP) is 3.65. The molecule has 1 unspecified atom stereocenters. The summed E-state index contributed by atoms with van der Waals surface area (Å²) in [5, 5.41) is 3.70. The lowest BCUT2D eigenvalue weighted by Gasteiger charge is -2.28. The summed E-state index contributed by atoms with van der Waals surface area (Å²) in [6, 6.07) is 11.4. The quantitative estimate of drug-likeness (QED) is 0.816. The van der Waals surface area contributed by atoms with Crippen LogP contribution in [0.1, 0.15) is 40.8 Å². The van der Waals surface area contributed by atoms with Crippen LogP contribution in [0.3, 0.4) is 0 Å². The number of carbonyl (C=O) groups is 1. The maximum atomic E-state index is 12.4. The molecule has 1 saturated heterocycles. The molecule has 1 aromatic carbocycles. The molecule has 1 fully saturated rings. The minimum Gasteiger partial charge on any atom is -0.453 e. The highest BCUT2D eigenvalue weighted by atomic mass is 35.5. The van der Waals surface area contributed by atoms with E-state index in [0.29, 0.717) is 29.7 Å². The van der Waals surface area contributed by atoms with E-state index in [1.54, 1.807) is 19.2 Å². The number of methoxy groups -OCH3 is 1. The van der Waals surface area contributed by atoms with Crippen molar-refractivity contribution in [3.05, 3.63) is 58.5 Å². The molecule has 0 spiro atoms. The van der Waals surface area contributed by atoms with Crippen molar-refractivity contribution in [3.63, 3.8) is 0 Å². The molecule has 6 heteroatoms.